The number of halogens is 2. The third kappa shape index (κ3) is 2.94. The van der Waals surface area contributed by atoms with E-state index in [0.717, 1.165) is 0 Å². The number of rotatable bonds is 3. The highest BCUT2D eigenvalue weighted by Crippen LogP contribution is 2.22. The minimum absolute atomic E-state index is 0.185. The highest BCUT2D eigenvalue weighted by molar-refractivity contribution is 7.80. The summed E-state index contributed by atoms with van der Waals surface area (Å²) >= 11 is 10.6. The third-order valence-corrected chi connectivity index (χ3v) is 2.64. The molecule has 0 atom stereocenters. The second-order valence-electron chi connectivity index (χ2n) is 3.52. The summed E-state index contributed by atoms with van der Waals surface area (Å²) in [6.07, 6.45) is 0. The lowest BCUT2D eigenvalue weighted by molar-refractivity contribution is 0.632. The number of nitrogens with one attached hydrogen (secondary N) is 1. The molecule has 1 heterocycles. The number of hydrogen-bond donors (Lipinski definition) is 2. The zero-order chi connectivity index (χ0) is 13.1. The molecule has 0 radical (unpaired) electrons. The molecule has 0 fully saturated rings. The third-order valence-electron chi connectivity index (χ3n) is 2.19. The summed E-state index contributed by atoms with van der Waals surface area (Å²) in [5.41, 5.74) is 6.19. The molecule has 92 valence electrons. The summed E-state index contributed by atoms with van der Waals surface area (Å²) < 4.78 is 13.5. The minimum Gasteiger partial charge on any atom is -0.388 e. The standard InChI is InChI=1S/C12H9ClFN3S/c13-7-4-5-8(14)10(6-7)17-11-3-1-2-9(16-11)12(15)18/h1-6H,(H2,15,18)(H,16,17). The Morgan fingerprint density at radius 3 is 2.83 bits per heavy atom. The normalized spacial score (nSPS) is 10.1. The van der Waals surface area contributed by atoms with Crippen LogP contribution in [-0.4, -0.2) is 9.97 Å². The van der Waals surface area contributed by atoms with Gasteiger partial charge in [0.05, 0.1) is 11.4 Å². The molecular formula is C12H9ClFN3S. The van der Waals surface area contributed by atoms with Crippen molar-refractivity contribution in [3.63, 3.8) is 0 Å². The largest absolute Gasteiger partial charge is 0.388 e. The monoisotopic (exact) mass is 281 g/mol. The maximum atomic E-state index is 13.5. The van der Waals surface area contributed by atoms with Crippen LogP contribution in [0.15, 0.2) is 36.4 Å². The number of aromatic nitrogens is 1. The highest BCUT2D eigenvalue weighted by atomic mass is 35.5. The molecule has 2 rings (SSSR count). The number of pyridine rings is 1. The minimum atomic E-state index is -0.415. The van der Waals surface area contributed by atoms with Gasteiger partial charge in [-0.15, -0.1) is 0 Å². The van der Waals surface area contributed by atoms with Crippen LogP contribution in [0.3, 0.4) is 0 Å². The summed E-state index contributed by atoms with van der Waals surface area (Å²) in [4.78, 5) is 4.34. The van der Waals surface area contributed by atoms with E-state index in [1.165, 1.54) is 18.2 Å². The lowest BCUT2D eigenvalue weighted by Gasteiger charge is -2.08. The zero-order valence-corrected chi connectivity index (χ0v) is 10.7. The van der Waals surface area contributed by atoms with Crippen LogP contribution < -0.4 is 11.1 Å². The van der Waals surface area contributed by atoms with Gasteiger partial charge in [0.25, 0.3) is 0 Å². The first-order chi connectivity index (χ1) is 8.56. The molecule has 3 nitrogen and oxygen atoms in total. The number of thiocarbonyl (C=S) groups is 1. The van der Waals surface area contributed by atoms with Crippen molar-refractivity contribution in [1.82, 2.24) is 4.98 Å². The fourth-order valence-corrected chi connectivity index (χ4v) is 1.66. The van der Waals surface area contributed by atoms with Crippen molar-refractivity contribution in [3.05, 3.63) is 52.9 Å². The first-order valence-electron chi connectivity index (χ1n) is 5.05. The molecule has 0 spiro atoms. The van der Waals surface area contributed by atoms with Gasteiger partial charge in [0, 0.05) is 5.02 Å². The Kier molecular flexibility index (Phi) is 3.74. The van der Waals surface area contributed by atoms with Gasteiger partial charge < -0.3 is 11.1 Å². The van der Waals surface area contributed by atoms with Crippen molar-refractivity contribution in [2.24, 2.45) is 5.73 Å². The van der Waals surface area contributed by atoms with Crippen LogP contribution in [-0.2, 0) is 0 Å². The molecule has 0 bridgehead atoms. The van der Waals surface area contributed by atoms with E-state index in [1.54, 1.807) is 18.2 Å². The van der Waals surface area contributed by atoms with Crippen LogP contribution in [0.2, 0.25) is 5.02 Å². The SMILES string of the molecule is NC(=S)c1cccc(Nc2cc(Cl)ccc2F)n1. The number of anilines is 2. The molecule has 2 aromatic rings. The van der Waals surface area contributed by atoms with E-state index in [4.69, 9.17) is 29.6 Å². The molecule has 0 aliphatic heterocycles. The number of benzene rings is 1. The van der Waals surface area contributed by atoms with Crippen LogP contribution in [0.1, 0.15) is 5.69 Å². The smallest absolute Gasteiger partial charge is 0.146 e. The van der Waals surface area contributed by atoms with Crippen LogP contribution >= 0.6 is 23.8 Å². The van der Waals surface area contributed by atoms with Crippen molar-refractivity contribution in [2.45, 2.75) is 0 Å². The molecule has 0 saturated carbocycles. The number of nitrogens with two attached hydrogens (primary N) is 1. The van der Waals surface area contributed by atoms with Crippen molar-refractivity contribution >= 4 is 40.3 Å². The zero-order valence-electron chi connectivity index (χ0n) is 9.15. The van der Waals surface area contributed by atoms with Crippen molar-refractivity contribution in [1.29, 1.82) is 0 Å². The van der Waals surface area contributed by atoms with E-state index in [0.29, 0.717) is 16.5 Å². The Morgan fingerprint density at radius 2 is 2.11 bits per heavy atom. The first kappa shape index (κ1) is 12.7. The summed E-state index contributed by atoms with van der Waals surface area (Å²) in [6.45, 7) is 0. The van der Waals surface area contributed by atoms with Crippen molar-refractivity contribution < 1.29 is 4.39 Å². The molecule has 18 heavy (non-hydrogen) atoms. The lowest BCUT2D eigenvalue weighted by Crippen LogP contribution is -2.12. The van der Waals surface area contributed by atoms with Gasteiger partial charge in [0.15, 0.2) is 0 Å². The lowest BCUT2D eigenvalue weighted by atomic mass is 10.3. The number of hydrogen-bond acceptors (Lipinski definition) is 3. The first-order valence-corrected chi connectivity index (χ1v) is 5.84. The molecule has 3 N–H and O–H groups in total. The maximum absolute atomic E-state index is 13.5. The molecule has 0 unspecified atom stereocenters. The Labute approximate surface area is 114 Å². The van der Waals surface area contributed by atoms with E-state index in [2.05, 4.69) is 10.3 Å². The van der Waals surface area contributed by atoms with Crippen LogP contribution in [0.4, 0.5) is 15.9 Å². The van der Waals surface area contributed by atoms with Gasteiger partial charge in [-0.25, -0.2) is 9.37 Å². The Bertz CT molecular complexity index is 604. The number of nitrogens with zero attached hydrogens (tertiary/aromatic N) is 1. The van der Waals surface area contributed by atoms with Gasteiger partial charge in [-0.1, -0.05) is 29.9 Å². The Balaban J connectivity index is 2.31. The van der Waals surface area contributed by atoms with Gasteiger partial charge in [-0.05, 0) is 30.3 Å². The summed E-state index contributed by atoms with van der Waals surface area (Å²) in [6, 6.07) is 9.32. The maximum Gasteiger partial charge on any atom is 0.146 e. The summed E-state index contributed by atoms with van der Waals surface area (Å²) in [5.74, 6) is 0.0309. The van der Waals surface area contributed by atoms with E-state index in [9.17, 15) is 4.39 Å². The quantitative estimate of drug-likeness (QED) is 0.848. The van der Waals surface area contributed by atoms with Crippen LogP contribution in [0, 0.1) is 5.82 Å². The van der Waals surface area contributed by atoms with Crippen molar-refractivity contribution in [3.8, 4) is 0 Å². The van der Waals surface area contributed by atoms with Gasteiger partial charge in [-0.3, -0.25) is 0 Å². The van der Waals surface area contributed by atoms with E-state index in [-0.39, 0.29) is 10.7 Å². The second-order valence-corrected chi connectivity index (χ2v) is 4.40. The van der Waals surface area contributed by atoms with Gasteiger partial charge in [-0.2, -0.15) is 0 Å². The van der Waals surface area contributed by atoms with Crippen molar-refractivity contribution in [2.75, 3.05) is 5.32 Å². The molecule has 1 aromatic carbocycles. The average molecular weight is 282 g/mol. The topological polar surface area (TPSA) is 50.9 Å². The molecule has 0 amide bonds. The Morgan fingerprint density at radius 1 is 1.33 bits per heavy atom. The molecule has 1 aromatic heterocycles. The predicted octanol–water partition coefficient (Wildman–Crippen LogP) is 3.25. The van der Waals surface area contributed by atoms with Gasteiger partial charge >= 0.3 is 0 Å². The fraction of sp³-hybridized carbons (Fsp3) is 0. The summed E-state index contributed by atoms with van der Waals surface area (Å²) in [5, 5.41) is 3.26. The van der Waals surface area contributed by atoms with E-state index >= 15 is 0 Å². The van der Waals surface area contributed by atoms with Gasteiger partial charge in [0.2, 0.25) is 0 Å². The highest BCUT2D eigenvalue weighted by Gasteiger charge is 2.05. The van der Waals surface area contributed by atoms with Crippen LogP contribution in [0.25, 0.3) is 0 Å². The molecule has 0 aliphatic carbocycles. The van der Waals surface area contributed by atoms with E-state index in [1.807, 2.05) is 0 Å². The summed E-state index contributed by atoms with van der Waals surface area (Å²) in [7, 11) is 0. The van der Waals surface area contributed by atoms with E-state index < -0.39 is 5.82 Å². The Hall–Kier alpha value is -1.72. The predicted molar refractivity (Wildman–Crippen MR) is 74.8 cm³/mol. The van der Waals surface area contributed by atoms with Gasteiger partial charge in [0.1, 0.15) is 16.6 Å². The average Bonchev–Trinajstić information content (AvgIpc) is 2.34. The molecular weight excluding hydrogens is 273 g/mol. The molecule has 6 heteroatoms. The van der Waals surface area contributed by atoms with Crippen LogP contribution in [0.5, 0.6) is 0 Å². The fourth-order valence-electron chi connectivity index (χ4n) is 1.37. The second kappa shape index (κ2) is 5.29. The molecule has 0 saturated heterocycles. The molecule has 0 aliphatic rings.